The number of primary amides is 1. The molecule has 0 unspecified atom stereocenters. The van der Waals surface area contributed by atoms with E-state index in [1.807, 2.05) is 6.07 Å². The number of rotatable bonds is 1. The molecule has 2 aromatic rings. The van der Waals surface area contributed by atoms with Crippen molar-refractivity contribution in [1.29, 1.82) is 0 Å². The molecule has 0 aliphatic rings. The highest BCUT2D eigenvalue weighted by molar-refractivity contribution is 6.04. The third kappa shape index (κ3) is 0.871. The monoisotopic (exact) mass is 159 g/mol. The predicted octanol–water partition coefficient (Wildman–Crippen LogP) is 1.07. The van der Waals surface area contributed by atoms with Crippen LogP contribution in [0.2, 0.25) is 0 Å². The minimum atomic E-state index is -0.431. The normalized spacial score (nSPS) is 10.3. The number of nitrogens with two attached hydrogens (primary N) is 1. The van der Waals surface area contributed by atoms with E-state index in [1.165, 1.54) is 0 Å². The molecule has 1 radical (unpaired) electrons. The Morgan fingerprint density at radius 3 is 3.08 bits per heavy atom. The number of benzene rings is 1. The molecule has 3 nitrogen and oxygen atoms in total. The maximum Gasteiger partial charge on any atom is 0.250 e. The summed E-state index contributed by atoms with van der Waals surface area (Å²) in [7, 11) is 0. The van der Waals surface area contributed by atoms with Crippen molar-refractivity contribution in [1.82, 2.24) is 4.98 Å². The molecule has 1 heterocycles. The lowest BCUT2D eigenvalue weighted by Crippen LogP contribution is -2.11. The Hall–Kier alpha value is -1.77. The summed E-state index contributed by atoms with van der Waals surface area (Å²) in [5.41, 5.74) is 6.42. The molecule has 0 aliphatic carbocycles. The molecule has 0 spiro atoms. The summed E-state index contributed by atoms with van der Waals surface area (Å²) >= 11 is 0. The molecule has 2 rings (SSSR count). The first-order valence-corrected chi connectivity index (χ1v) is 3.56. The molecule has 0 saturated heterocycles. The highest BCUT2D eigenvalue weighted by atomic mass is 16.1. The van der Waals surface area contributed by atoms with Crippen LogP contribution >= 0.6 is 0 Å². The molecule has 0 atom stereocenters. The van der Waals surface area contributed by atoms with E-state index in [1.54, 1.807) is 18.3 Å². The van der Waals surface area contributed by atoms with Gasteiger partial charge in [-0.25, -0.2) is 0 Å². The number of fused-ring (bicyclic) bond motifs is 1. The van der Waals surface area contributed by atoms with E-state index in [0.29, 0.717) is 5.56 Å². The van der Waals surface area contributed by atoms with Gasteiger partial charge in [0.1, 0.15) is 0 Å². The molecule has 0 fully saturated rings. The van der Waals surface area contributed by atoms with Crippen molar-refractivity contribution >= 4 is 16.8 Å². The van der Waals surface area contributed by atoms with Gasteiger partial charge in [0.15, 0.2) is 0 Å². The van der Waals surface area contributed by atoms with Crippen LogP contribution in [-0.2, 0) is 0 Å². The molecular weight excluding hydrogens is 152 g/mol. The topological polar surface area (TPSA) is 58.9 Å². The fourth-order valence-electron chi connectivity index (χ4n) is 1.22. The van der Waals surface area contributed by atoms with Gasteiger partial charge in [-0.3, -0.25) is 4.79 Å². The Bertz CT molecular complexity index is 431. The Morgan fingerprint density at radius 2 is 2.33 bits per heavy atom. The fourth-order valence-corrected chi connectivity index (χ4v) is 1.22. The van der Waals surface area contributed by atoms with Crippen LogP contribution in [0.1, 0.15) is 10.4 Å². The van der Waals surface area contributed by atoms with E-state index in [2.05, 4.69) is 11.1 Å². The van der Waals surface area contributed by atoms with Crippen molar-refractivity contribution in [2.75, 3.05) is 0 Å². The number of amides is 1. The second-order valence-electron chi connectivity index (χ2n) is 2.54. The summed E-state index contributed by atoms with van der Waals surface area (Å²) in [6.45, 7) is 0. The molecular formula is C9H7N2O. The van der Waals surface area contributed by atoms with Crippen LogP contribution in [0.5, 0.6) is 0 Å². The number of nitrogens with one attached hydrogen (secondary N) is 1. The van der Waals surface area contributed by atoms with Crippen molar-refractivity contribution in [3.05, 3.63) is 36.0 Å². The van der Waals surface area contributed by atoms with Gasteiger partial charge in [-0.2, -0.15) is 0 Å². The van der Waals surface area contributed by atoms with Crippen LogP contribution < -0.4 is 5.73 Å². The van der Waals surface area contributed by atoms with Crippen LogP contribution in [0.25, 0.3) is 10.9 Å². The third-order valence-electron chi connectivity index (χ3n) is 1.78. The molecule has 0 saturated carbocycles. The van der Waals surface area contributed by atoms with Crippen LogP contribution in [0.4, 0.5) is 0 Å². The zero-order valence-corrected chi connectivity index (χ0v) is 6.29. The maximum absolute atomic E-state index is 10.9. The number of carbonyl (C=O) groups excluding carboxylic acids is 1. The SMILES string of the molecule is NC(=O)c1c[c]cc2cc[nH]c12. The number of aromatic nitrogens is 1. The van der Waals surface area contributed by atoms with E-state index in [9.17, 15) is 4.79 Å². The smallest absolute Gasteiger partial charge is 0.250 e. The Labute approximate surface area is 69.2 Å². The maximum atomic E-state index is 10.9. The van der Waals surface area contributed by atoms with Gasteiger partial charge in [-0.1, -0.05) is 0 Å². The number of hydrogen-bond donors (Lipinski definition) is 2. The number of hydrogen-bond acceptors (Lipinski definition) is 1. The Morgan fingerprint density at radius 1 is 1.50 bits per heavy atom. The Kier molecular flexibility index (Phi) is 1.37. The Balaban J connectivity index is 2.82. The molecule has 0 bridgehead atoms. The lowest BCUT2D eigenvalue weighted by molar-refractivity contribution is 0.100. The van der Waals surface area contributed by atoms with Crippen molar-refractivity contribution in [2.45, 2.75) is 0 Å². The molecule has 59 valence electrons. The second kappa shape index (κ2) is 2.37. The first-order chi connectivity index (χ1) is 5.79. The molecule has 1 aromatic heterocycles. The quantitative estimate of drug-likeness (QED) is 0.642. The number of carbonyl (C=O) groups is 1. The summed E-state index contributed by atoms with van der Waals surface area (Å²) in [6, 6.07) is 8.11. The highest BCUT2D eigenvalue weighted by Crippen LogP contribution is 2.15. The van der Waals surface area contributed by atoms with Crippen LogP contribution in [0.15, 0.2) is 24.4 Å². The summed E-state index contributed by atoms with van der Waals surface area (Å²) < 4.78 is 0. The zero-order chi connectivity index (χ0) is 8.55. The lowest BCUT2D eigenvalue weighted by atomic mass is 10.1. The van der Waals surface area contributed by atoms with E-state index in [4.69, 9.17) is 5.73 Å². The minimum Gasteiger partial charge on any atom is -0.366 e. The van der Waals surface area contributed by atoms with Crippen LogP contribution in [0.3, 0.4) is 0 Å². The molecule has 1 aromatic carbocycles. The van der Waals surface area contributed by atoms with Crippen molar-refractivity contribution in [3.8, 4) is 0 Å². The van der Waals surface area contributed by atoms with Gasteiger partial charge < -0.3 is 10.7 Å². The fraction of sp³-hybridized carbons (Fsp3) is 0. The molecule has 12 heavy (non-hydrogen) atoms. The average Bonchev–Trinajstić information content (AvgIpc) is 2.49. The summed E-state index contributed by atoms with van der Waals surface area (Å²) in [5, 5.41) is 0.950. The molecule has 1 amide bonds. The van der Waals surface area contributed by atoms with Crippen molar-refractivity contribution < 1.29 is 4.79 Å². The first-order valence-electron chi connectivity index (χ1n) is 3.56. The number of aromatic amines is 1. The van der Waals surface area contributed by atoms with Gasteiger partial charge >= 0.3 is 0 Å². The van der Waals surface area contributed by atoms with E-state index < -0.39 is 5.91 Å². The first kappa shape index (κ1) is 6.91. The molecule has 3 N–H and O–H groups in total. The van der Waals surface area contributed by atoms with Gasteiger partial charge in [0.25, 0.3) is 5.91 Å². The largest absolute Gasteiger partial charge is 0.366 e. The third-order valence-corrected chi connectivity index (χ3v) is 1.78. The van der Waals surface area contributed by atoms with Gasteiger partial charge in [0, 0.05) is 11.6 Å². The lowest BCUT2D eigenvalue weighted by Gasteiger charge is -1.95. The van der Waals surface area contributed by atoms with Crippen LogP contribution in [-0.4, -0.2) is 10.9 Å². The van der Waals surface area contributed by atoms with Gasteiger partial charge in [0.2, 0.25) is 0 Å². The predicted molar refractivity (Wildman–Crippen MR) is 45.7 cm³/mol. The summed E-state index contributed by atoms with van der Waals surface area (Å²) in [4.78, 5) is 13.8. The molecule has 0 aliphatic heterocycles. The van der Waals surface area contributed by atoms with E-state index >= 15 is 0 Å². The number of H-pyrrole nitrogens is 1. The van der Waals surface area contributed by atoms with E-state index in [0.717, 1.165) is 10.9 Å². The van der Waals surface area contributed by atoms with Crippen molar-refractivity contribution in [3.63, 3.8) is 0 Å². The van der Waals surface area contributed by atoms with Gasteiger partial charge in [0.05, 0.1) is 11.1 Å². The summed E-state index contributed by atoms with van der Waals surface area (Å²) in [5.74, 6) is -0.431. The van der Waals surface area contributed by atoms with Crippen LogP contribution in [0, 0.1) is 6.07 Å². The highest BCUT2D eigenvalue weighted by Gasteiger charge is 2.05. The second-order valence-corrected chi connectivity index (χ2v) is 2.54. The zero-order valence-electron chi connectivity index (χ0n) is 6.29. The van der Waals surface area contributed by atoms with Crippen molar-refractivity contribution in [2.24, 2.45) is 5.73 Å². The summed E-state index contributed by atoms with van der Waals surface area (Å²) in [6.07, 6.45) is 1.77. The minimum absolute atomic E-state index is 0.431. The van der Waals surface area contributed by atoms with E-state index in [-0.39, 0.29) is 0 Å². The van der Waals surface area contributed by atoms with Gasteiger partial charge in [-0.15, -0.1) is 0 Å². The molecule has 3 heteroatoms. The average molecular weight is 159 g/mol. The van der Waals surface area contributed by atoms with Gasteiger partial charge in [-0.05, 0) is 24.3 Å². The standard InChI is InChI=1S/C9H7N2O/c10-9(12)7-3-1-2-6-4-5-11-8(6)7/h2-5,11H,(H2,10,12).